The van der Waals surface area contributed by atoms with Crippen LogP contribution in [0.25, 0.3) is 0 Å². The SMILES string of the molecule is CCOCCCC(=O)NCC(C)(O)c1ccc(F)cc1. The number of nitrogens with one attached hydrogen (secondary N) is 1. The molecule has 4 nitrogen and oxygen atoms in total. The summed E-state index contributed by atoms with van der Waals surface area (Å²) in [5, 5.41) is 12.9. The van der Waals surface area contributed by atoms with Gasteiger partial charge in [-0.25, -0.2) is 4.39 Å². The zero-order chi connectivity index (χ0) is 15.0. The molecule has 0 heterocycles. The number of aliphatic hydroxyl groups is 1. The minimum absolute atomic E-state index is 0.0894. The van der Waals surface area contributed by atoms with E-state index in [1.54, 1.807) is 6.92 Å². The Hall–Kier alpha value is -1.46. The van der Waals surface area contributed by atoms with Gasteiger partial charge in [0, 0.05) is 19.6 Å². The maximum atomic E-state index is 12.8. The van der Waals surface area contributed by atoms with Crippen LogP contribution in [0.5, 0.6) is 0 Å². The van der Waals surface area contributed by atoms with Crippen molar-refractivity contribution in [2.75, 3.05) is 19.8 Å². The summed E-state index contributed by atoms with van der Waals surface area (Å²) in [5.41, 5.74) is -0.656. The fourth-order valence-corrected chi connectivity index (χ4v) is 1.75. The number of benzene rings is 1. The summed E-state index contributed by atoms with van der Waals surface area (Å²) in [6, 6.07) is 5.59. The van der Waals surface area contributed by atoms with Crippen LogP contribution >= 0.6 is 0 Å². The highest BCUT2D eigenvalue weighted by molar-refractivity contribution is 5.75. The molecule has 112 valence electrons. The molecule has 5 heteroatoms. The molecule has 0 aromatic heterocycles. The fraction of sp³-hybridized carbons (Fsp3) is 0.533. The Bertz CT molecular complexity index is 418. The van der Waals surface area contributed by atoms with Gasteiger partial charge < -0.3 is 15.2 Å². The second kappa shape index (κ2) is 7.97. The van der Waals surface area contributed by atoms with Crippen LogP contribution in [-0.4, -0.2) is 30.8 Å². The van der Waals surface area contributed by atoms with Crippen LogP contribution < -0.4 is 5.32 Å². The van der Waals surface area contributed by atoms with E-state index in [9.17, 15) is 14.3 Å². The summed E-state index contributed by atoms with van der Waals surface area (Å²) < 4.78 is 18.0. The molecule has 0 radical (unpaired) electrons. The highest BCUT2D eigenvalue weighted by Crippen LogP contribution is 2.19. The first-order valence-corrected chi connectivity index (χ1v) is 6.78. The highest BCUT2D eigenvalue weighted by Gasteiger charge is 2.23. The maximum Gasteiger partial charge on any atom is 0.220 e. The Balaban J connectivity index is 2.39. The largest absolute Gasteiger partial charge is 0.384 e. The predicted octanol–water partition coefficient (Wildman–Crippen LogP) is 1.97. The van der Waals surface area contributed by atoms with E-state index in [0.717, 1.165) is 0 Å². The van der Waals surface area contributed by atoms with Gasteiger partial charge in [0.1, 0.15) is 11.4 Å². The summed E-state index contributed by atoms with van der Waals surface area (Å²) in [6.07, 6.45) is 1.01. The molecule has 0 saturated carbocycles. The molecule has 1 atom stereocenters. The van der Waals surface area contributed by atoms with Crippen molar-refractivity contribution in [1.29, 1.82) is 0 Å². The van der Waals surface area contributed by atoms with Crippen molar-refractivity contribution in [2.45, 2.75) is 32.3 Å². The molecule has 1 aromatic carbocycles. The predicted molar refractivity (Wildman–Crippen MR) is 74.7 cm³/mol. The zero-order valence-electron chi connectivity index (χ0n) is 12.0. The molecule has 20 heavy (non-hydrogen) atoms. The van der Waals surface area contributed by atoms with Crippen molar-refractivity contribution >= 4 is 5.91 Å². The first kappa shape index (κ1) is 16.6. The van der Waals surface area contributed by atoms with Gasteiger partial charge in [0.25, 0.3) is 0 Å². The van der Waals surface area contributed by atoms with Crippen molar-refractivity contribution in [3.63, 3.8) is 0 Å². The van der Waals surface area contributed by atoms with Gasteiger partial charge in [0.05, 0.1) is 6.54 Å². The Kier molecular flexibility index (Phi) is 6.61. The Morgan fingerprint density at radius 3 is 2.65 bits per heavy atom. The highest BCUT2D eigenvalue weighted by atomic mass is 19.1. The topological polar surface area (TPSA) is 58.6 Å². The molecule has 0 saturated heterocycles. The second-order valence-electron chi connectivity index (χ2n) is 4.86. The van der Waals surface area contributed by atoms with E-state index >= 15 is 0 Å². The molecular formula is C15H22FNO3. The van der Waals surface area contributed by atoms with Gasteiger partial charge in [-0.05, 0) is 38.0 Å². The summed E-state index contributed by atoms with van der Waals surface area (Å²) in [4.78, 5) is 11.6. The van der Waals surface area contributed by atoms with Gasteiger partial charge in [-0.2, -0.15) is 0 Å². The number of rotatable bonds is 8. The third-order valence-corrected chi connectivity index (χ3v) is 2.99. The van der Waals surface area contributed by atoms with Gasteiger partial charge in [-0.1, -0.05) is 12.1 Å². The summed E-state index contributed by atoms with van der Waals surface area (Å²) >= 11 is 0. The fourth-order valence-electron chi connectivity index (χ4n) is 1.75. The van der Waals surface area contributed by atoms with E-state index < -0.39 is 5.60 Å². The molecule has 0 spiro atoms. The molecule has 0 aliphatic carbocycles. The molecule has 1 aromatic rings. The van der Waals surface area contributed by atoms with E-state index in [4.69, 9.17) is 4.74 Å². The third kappa shape index (κ3) is 5.67. The molecule has 1 rings (SSSR count). The quantitative estimate of drug-likeness (QED) is 0.717. The van der Waals surface area contributed by atoms with Crippen LogP contribution in [0.1, 0.15) is 32.3 Å². The average molecular weight is 283 g/mol. The zero-order valence-corrected chi connectivity index (χ0v) is 12.0. The van der Waals surface area contributed by atoms with E-state index in [2.05, 4.69) is 5.32 Å². The van der Waals surface area contributed by atoms with E-state index in [1.807, 2.05) is 6.92 Å². The molecule has 0 fully saturated rings. The number of halogens is 1. The average Bonchev–Trinajstić information content (AvgIpc) is 2.42. The van der Waals surface area contributed by atoms with Crippen molar-refractivity contribution in [2.24, 2.45) is 0 Å². The third-order valence-electron chi connectivity index (χ3n) is 2.99. The standard InChI is InChI=1S/C15H22FNO3/c1-3-20-10-4-5-14(18)17-11-15(2,19)12-6-8-13(16)9-7-12/h6-9,19H,3-5,10-11H2,1-2H3,(H,17,18). The van der Waals surface area contributed by atoms with Crippen LogP contribution in [0.15, 0.2) is 24.3 Å². The van der Waals surface area contributed by atoms with Crippen LogP contribution in [0.4, 0.5) is 4.39 Å². The van der Waals surface area contributed by atoms with Crippen LogP contribution in [0, 0.1) is 5.82 Å². The number of carbonyl (C=O) groups is 1. The minimum atomic E-state index is -1.22. The number of carbonyl (C=O) groups excluding carboxylic acids is 1. The smallest absolute Gasteiger partial charge is 0.220 e. The van der Waals surface area contributed by atoms with Crippen LogP contribution in [-0.2, 0) is 15.1 Å². The summed E-state index contributed by atoms with van der Waals surface area (Å²) in [6.45, 7) is 4.77. The van der Waals surface area contributed by atoms with Crippen molar-refractivity contribution in [1.82, 2.24) is 5.32 Å². The Morgan fingerprint density at radius 2 is 2.05 bits per heavy atom. The maximum absolute atomic E-state index is 12.8. The normalized spacial score (nSPS) is 13.8. The number of hydrogen-bond donors (Lipinski definition) is 2. The molecule has 0 aliphatic heterocycles. The first-order chi connectivity index (χ1) is 9.45. The number of ether oxygens (including phenoxy) is 1. The Labute approximate surface area is 119 Å². The summed E-state index contributed by atoms with van der Waals surface area (Å²) in [7, 11) is 0. The monoisotopic (exact) mass is 283 g/mol. The lowest BCUT2D eigenvalue weighted by atomic mass is 9.96. The van der Waals surface area contributed by atoms with Gasteiger partial charge in [0.15, 0.2) is 0 Å². The van der Waals surface area contributed by atoms with Crippen molar-refractivity contribution in [3.05, 3.63) is 35.6 Å². The first-order valence-electron chi connectivity index (χ1n) is 6.78. The Morgan fingerprint density at radius 1 is 1.40 bits per heavy atom. The van der Waals surface area contributed by atoms with Crippen molar-refractivity contribution < 1.29 is 19.0 Å². The molecule has 1 amide bonds. The molecule has 2 N–H and O–H groups in total. The van der Waals surface area contributed by atoms with Gasteiger partial charge in [-0.15, -0.1) is 0 Å². The molecule has 1 unspecified atom stereocenters. The molecule has 0 bridgehead atoms. The molecular weight excluding hydrogens is 261 g/mol. The lowest BCUT2D eigenvalue weighted by molar-refractivity contribution is -0.122. The second-order valence-corrected chi connectivity index (χ2v) is 4.86. The number of amides is 1. The van der Waals surface area contributed by atoms with E-state index in [1.165, 1.54) is 24.3 Å². The lowest BCUT2D eigenvalue weighted by Crippen LogP contribution is -2.38. The van der Waals surface area contributed by atoms with Crippen LogP contribution in [0.2, 0.25) is 0 Å². The van der Waals surface area contributed by atoms with Crippen molar-refractivity contribution in [3.8, 4) is 0 Å². The van der Waals surface area contributed by atoms with Gasteiger partial charge >= 0.3 is 0 Å². The van der Waals surface area contributed by atoms with Gasteiger partial charge in [0.2, 0.25) is 5.91 Å². The molecule has 0 aliphatic rings. The van der Waals surface area contributed by atoms with E-state index in [0.29, 0.717) is 31.6 Å². The number of hydrogen-bond acceptors (Lipinski definition) is 3. The summed E-state index contributed by atoms with van der Waals surface area (Å²) in [5.74, 6) is -0.489. The lowest BCUT2D eigenvalue weighted by Gasteiger charge is -2.24. The minimum Gasteiger partial charge on any atom is -0.384 e. The van der Waals surface area contributed by atoms with E-state index in [-0.39, 0.29) is 18.3 Å². The van der Waals surface area contributed by atoms with Crippen LogP contribution in [0.3, 0.4) is 0 Å². The van der Waals surface area contributed by atoms with Gasteiger partial charge in [-0.3, -0.25) is 4.79 Å².